The molecule has 1 fully saturated rings. The van der Waals surface area contributed by atoms with E-state index < -0.39 is 0 Å². The summed E-state index contributed by atoms with van der Waals surface area (Å²) in [7, 11) is 0. The van der Waals surface area contributed by atoms with Gasteiger partial charge in [0.15, 0.2) is 0 Å². The average Bonchev–Trinajstić information content (AvgIpc) is 2.61. The highest BCUT2D eigenvalue weighted by atomic mass is 35.5. The molecule has 1 heterocycles. The van der Waals surface area contributed by atoms with Gasteiger partial charge in [-0.05, 0) is 43.1 Å². The molecule has 2 rings (SSSR count). The third-order valence-electron chi connectivity index (χ3n) is 2.39. The summed E-state index contributed by atoms with van der Waals surface area (Å²) in [6, 6.07) is 6.03. The van der Waals surface area contributed by atoms with Crippen LogP contribution in [0.1, 0.15) is 24.4 Å². The van der Waals surface area contributed by atoms with E-state index in [2.05, 4.69) is 5.32 Å². The Morgan fingerprint density at radius 2 is 2.15 bits per heavy atom. The van der Waals surface area contributed by atoms with Crippen LogP contribution in [0.25, 0.3) is 0 Å². The zero-order chi connectivity index (χ0) is 9.26. The molecular formula is C10H11Cl2N. The summed E-state index contributed by atoms with van der Waals surface area (Å²) >= 11 is 12.0. The quantitative estimate of drug-likeness (QED) is 0.758. The standard InChI is InChI=1S/C10H11Cl2N/c11-7-3-4-9(12)8(6-7)10-2-1-5-13-10/h3-4,6,10,13H,1-2,5H2/t10-/m1/s1. The van der Waals surface area contributed by atoms with Gasteiger partial charge in [0.1, 0.15) is 0 Å². The van der Waals surface area contributed by atoms with Gasteiger partial charge in [-0.15, -0.1) is 0 Å². The predicted octanol–water partition coefficient (Wildman–Crippen LogP) is 3.42. The first-order valence-corrected chi connectivity index (χ1v) is 5.21. The highest BCUT2D eigenvalue weighted by Gasteiger charge is 2.18. The summed E-state index contributed by atoms with van der Waals surface area (Å²) in [5.41, 5.74) is 1.13. The van der Waals surface area contributed by atoms with Crippen LogP contribution in [0.5, 0.6) is 0 Å². The molecule has 1 N–H and O–H groups in total. The van der Waals surface area contributed by atoms with Crippen LogP contribution < -0.4 is 5.32 Å². The molecule has 0 aromatic heterocycles. The minimum Gasteiger partial charge on any atom is -0.310 e. The van der Waals surface area contributed by atoms with Crippen molar-refractivity contribution < 1.29 is 0 Å². The molecule has 0 radical (unpaired) electrons. The van der Waals surface area contributed by atoms with E-state index >= 15 is 0 Å². The van der Waals surface area contributed by atoms with Crippen molar-refractivity contribution in [3.63, 3.8) is 0 Å². The molecule has 0 amide bonds. The fourth-order valence-corrected chi connectivity index (χ4v) is 2.16. The monoisotopic (exact) mass is 215 g/mol. The molecule has 3 heteroatoms. The van der Waals surface area contributed by atoms with Crippen LogP contribution in [0.2, 0.25) is 10.0 Å². The molecule has 1 saturated heterocycles. The topological polar surface area (TPSA) is 12.0 Å². The lowest BCUT2D eigenvalue weighted by atomic mass is 10.1. The van der Waals surface area contributed by atoms with Crippen molar-refractivity contribution in [3.05, 3.63) is 33.8 Å². The molecule has 1 aliphatic rings. The Bertz CT molecular complexity index is 306. The fourth-order valence-electron chi connectivity index (χ4n) is 1.73. The summed E-state index contributed by atoms with van der Waals surface area (Å²) in [5, 5.41) is 4.96. The molecule has 0 saturated carbocycles. The van der Waals surface area contributed by atoms with E-state index in [1.165, 1.54) is 6.42 Å². The molecule has 70 valence electrons. The minimum absolute atomic E-state index is 0.395. The van der Waals surface area contributed by atoms with Crippen molar-refractivity contribution in [1.82, 2.24) is 5.32 Å². The number of benzene rings is 1. The van der Waals surface area contributed by atoms with Gasteiger partial charge in [-0.2, -0.15) is 0 Å². The van der Waals surface area contributed by atoms with Crippen LogP contribution in [0, 0.1) is 0 Å². The SMILES string of the molecule is Clc1ccc(Cl)c([C@H]2CCCN2)c1. The second-order valence-corrected chi connectivity index (χ2v) is 4.16. The van der Waals surface area contributed by atoms with Crippen LogP contribution in [0.4, 0.5) is 0 Å². The van der Waals surface area contributed by atoms with E-state index in [1.807, 2.05) is 18.2 Å². The van der Waals surface area contributed by atoms with Crippen molar-refractivity contribution in [3.8, 4) is 0 Å². The molecular weight excluding hydrogens is 205 g/mol. The normalized spacial score (nSPS) is 22.2. The fraction of sp³-hybridized carbons (Fsp3) is 0.400. The van der Waals surface area contributed by atoms with Gasteiger partial charge in [0, 0.05) is 16.1 Å². The Hall–Kier alpha value is -0.240. The second-order valence-electron chi connectivity index (χ2n) is 3.31. The Kier molecular flexibility index (Phi) is 2.77. The van der Waals surface area contributed by atoms with E-state index in [-0.39, 0.29) is 0 Å². The Labute approximate surface area is 88.0 Å². The number of nitrogens with one attached hydrogen (secondary N) is 1. The lowest BCUT2D eigenvalue weighted by molar-refractivity contribution is 0.648. The summed E-state index contributed by atoms with van der Waals surface area (Å²) < 4.78 is 0. The largest absolute Gasteiger partial charge is 0.310 e. The van der Waals surface area contributed by atoms with Crippen molar-refractivity contribution in [2.45, 2.75) is 18.9 Å². The summed E-state index contributed by atoms with van der Waals surface area (Å²) in [6.45, 7) is 1.08. The van der Waals surface area contributed by atoms with Crippen molar-refractivity contribution in [2.75, 3.05) is 6.54 Å². The molecule has 1 atom stereocenters. The first kappa shape index (κ1) is 9.32. The number of halogens is 2. The number of rotatable bonds is 1. The van der Waals surface area contributed by atoms with E-state index in [1.54, 1.807) is 0 Å². The molecule has 0 spiro atoms. The number of hydrogen-bond acceptors (Lipinski definition) is 1. The van der Waals surface area contributed by atoms with Gasteiger partial charge >= 0.3 is 0 Å². The van der Waals surface area contributed by atoms with Gasteiger partial charge in [-0.25, -0.2) is 0 Å². The average molecular weight is 216 g/mol. The van der Waals surface area contributed by atoms with E-state index in [0.717, 1.165) is 28.6 Å². The van der Waals surface area contributed by atoms with Crippen LogP contribution in [-0.2, 0) is 0 Å². The van der Waals surface area contributed by atoms with E-state index in [0.29, 0.717) is 6.04 Å². The van der Waals surface area contributed by atoms with Gasteiger partial charge in [-0.1, -0.05) is 23.2 Å². The molecule has 0 bridgehead atoms. The van der Waals surface area contributed by atoms with Crippen LogP contribution in [0.15, 0.2) is 18.2 Å². The van der Waals surface area contributed by atoms with Crippen LogP contribution in [0.3, 0.4) is 0 Å². The van der Waals surface area contributed by atoms with Crippen molar-refractivity contribution >= 4 is 23.2 Å². The molecule has 0 unspecified atom stereocenters. The van der Waals surface area contributed by atoms with E-state index in [9.17, 15) is 0 Å². The Balaban J connectivity index is 2.32. The Morgan fingerprint density at radius 3 is 2.85 bits per heavy atom. The summed E-state index contributed by atoms with van der Waals surface area (Å²) in [6.07, 6.45) is 2.37. The van der Waals surface area contributed by atoms with Gasteiger partial charge < -0.3 is 5.32 Å². The smallest absolute Gasteiger partial charge is 0.0454 e. The van der Waals surface area contributed by atoms with Crippen molar-refractivity contribution in [1.29, 1.82) is 0 Å². The van der Waals surface area contributed by atoms with Gasteiger partial charge in [-0.3, -0.25) is 0 Å². The van der Waals surface area contributed by atoms with Crippen molar-refractivity contribution in [2.24, 2.45) is 0 Å². The van der Waals surface area contributed by atoms with Crippen LogP contribution in [-0.4, -0.2) is 6.54 Å². The summed E-state index contributed by atoms with van der Waals surface area (Å²) in [4.78, 5) is 0. The highest BCUT2D eigenvalue weighted by molar-refractivity contribution is 6.33. The highest BCUT2D eigenvalue weighted by Crippen LogP contribution is 2.30. The first-order valence-electron chi connectivity index (χ1n) is 4.46. The molecule has 1 aromatic carbocycles. The molecule has 0 aliphatic carbocycles. The van der Waals surface area contributed by atoms with Gasteiger partial charge in [0.05, 0.1) is 0 Å². The zero-order valence-corrected chi connectivity index (χ0v) is 8.70. The number of hydrogen-bond donors (Lipinski definition) is 1. The van der Waals surface area contributed by atoms with Gasteiger partial charge in [0.25, 0.3) is 0 Å². The minimum atomic E-state index is 0.395. The predicted molar refractivity (Wildman–Crippen MR) is 56.4 cm³/mol. The summed E-state index contributed by atoms with van der Waals surface area (Å²) in [5.74, 6) is 0. The molecule has 1 aliphatic heterocycles. The zero-order valence-electron chi connectivity index (χ0n) is 7.19. The third-order valence-corrected chi connectivity index (χ3v) is 2.97. The second kappa shape index (κ2) is 3.87. The lowest BCUT2D eigenvalue weighted by Crippen LogP contribution is -2.13. The van der Waals surface area contributed by atoms with Crippen LogP contribution >= 0.6 is 23.2 Å². The third kappa shape index (κ3) is 1.98. The maximum absolute atomic E-state index is 6.08. The molecule has 13 heavy (non-hydrogen) atoms. The molecule has 1 aromatic rings. The Morgan fingerprint density at radius 1 is 1.31 bits per heavy atom. The van der Waals surface area contributed by atoms with E-state index in [4.69, 9.17) is 23.2 Å². The lowest BCUT2D eigenvalue weighted by Gasteiger charge is -2.12. The molecule has 1 nitrogen and oxygen atoms in total. The maximum atomic E-state index is 6.08. The van der Waals surface area contributed by atoms with Gasteiger partial charge in [0.2, 0.25) is 0 Å². The maximum Gasteiger partial charge on any atom is 0.0454 e. The first-order chi connectivity index (χ1) is 6.27.